The monoisotopic (exact) mass is 476 g/mol. The third-order valence-corrected chi connectivity index (χ3v) is 5.29. The van der Waals surface area contributed by atoms with Crippen LogP contribution in [0.25, 0.3) is 0 Å². The van der Waals surface area contributed by atoms with Crippen LogP contribution in [-0.4, -0.2) is 50.3 Å². The second kappa shape index (κ2) is 12.0. The van der Waals surface area contributed by atoms with Crippen LogP contribution in [0.15, 0.2) is 28.1 Å². The van der Waals surface area contributed by atoms with Crippen molar-refractivity contribution in [3.05, 3.63) is 29.3 Å². The third-order valence-electron chi connectivity index (χ3n) is 4.47. The van der Waals surface area contributed by atoms with Gasteiger partial charge in [-0.05, 0) is 69.6 Å². The van der Waals surface area contributed by atoms with E-state index in [4.69, 9.17) is 4.99 Å². The molecule has 142 valence electrons. The Morgan fingerprint density at radius 2 is 2.16 bits per heavy atom. The standard InChI is InChI=1S/C19H32N4S.HI/c1-5-20-19(21-12-16-7-6-10-23(3)14-16)22-13-17-9-8-15(2)11-18(17)24-4;/h8-9,11,16H,5-7,10,12-14H2,1-4H3,(H2,20,21,22);1H. The van der Waals surface area contributed by atoms with Gasteiger partial charge in [-0.2, -0.15) is 0 Å². The van der Waals surface area contributed by atoms with Gasteiger partial charge in [0.1, 0.15) is 0 Å². The summed E-state index contributed by atoms with van der Waals surface area (Å²) in [6, 6.07) is 6.61. The van der Waals surface area contributed by atoms with Crippen molar-refractivity contribution in [1.82, 2.24) is 15.5 Å². The molecule has 1 saturated heterocycles. The Labute approximate surface area is 174 Å². The molecular formula is C19H33IN4S. The summed E-state index contributed by atoms with van der Waals surface area (Å²) >= 11 is 1.80. The fourth-order valence-corrected chi connectivity index (χ4v) is 3.87. The molecule has 1 heterocycles. The quantitative estimate of drug-likeness (QED) is 0.284. The van der Waals surface area contributed by atoms with Crippen molar-refractivity contribution < 1.29 is 0 Å². The molecule has 0 saturated carbocycles. The van der Waals surface area contributed by atoms with Gasteiger partial charge in [0.15, 0.2) is 5.96 Å². The van der Waals surface area contributed by atoms with Crippen LogP contribution in [0.2, 0.25) is 0 Å². The number of benzene rings is 1. The Morgan fingerprint density at radius 3 is 2.84 bits per heavy atom. The first-order valence-corrected chi connectivity index (χ1v) is 10.2. The van der Waals surface area contributed by atoms with E-state index < -0.39 is 0 Å². The molecule has 25 heavy (non-hydrogen) atoms. The van der Waals surface area contributed by atoms with Crippen molar-refractivity contribution in [2.24, 2.45) is 10.9 Å². The molecule has 0 amide bonds. The average Bonchev–Trinajstić information content (AvgIpc) is 2.58. The van der Waals surface area contributed by atoms with Gasteiger partial charge in [-0.15, -0.1) is 35.7 Å². The summed E-state index contributed by atoms with van der Waals surface area (Å²) in [6.07, 6.45) is 4.74. The highest BCUT2D eigenvalue weighted by molar-refractivity contribution is 14.0. The van der Waals surface area contributed by atoms with Crippen LogP contribution in [0.3, 0.4) is 0 Å². The average molecular weight is 476 g/mol. The van der Waals surface area contributed by atoms with Crippen LogP contribution in [0, 0.1) is 12.8 Å². The fraction of sp³-hybridized carbons (Fsp3) is 0.632. The van der Waals surface area contributed by atoms with Gasteiger partial charge in [-0.25, -0.2) is 4.99 Å². The second-order valence-corrected chi connectivity index (χ2v) is 7.51. The number of aryl methyl sites for hydroxylation is 1. The topological polar surface area (TPSA) is 39.7 Å². The van der Waals surface area contributed by atoms with Gasteiger partial charge in [0.2, 0.25) is 0 Å². The molecule has 0 aliphatic carbocycles. The zero-order valence-corrected chi connectivity index (χ0v) is 19.1. The first-order chi connectivity index (χ1) is 11.6. The summed E-state index contributed by atoms with van der Waals surface area (Å²) in [6.45, 7) is 9.27. The van der Waals surface area contributed by atoms with E-state index in [0.717, 1.165) is 25.6 Å². The molecule has 2 rings (SSSR count). The highest BCUT2D eigenvalue weighted by Gasteiger charge is 2.17. The van der Waals surface area contributed by atoms with Crippen molar-refractivity contribution in [2.45, 2.75) is 38.1 Å². The predicted molar refractivity (Wildman–Crippen MR) is 121 cm³/mol. The molecule has 1 aromatic carbocycles. The van der Waals surface area contributed by atoms with Crippen molar-refractivity contribution in [1.29, 1.82) is 0 Å². The Balaban J connectivity index is 0.00000312. The number of hydrogen-bond donors (Lipinski definition) is 2. The second-order valence-electron chi connectivity index (χ2n) is 6.66. The van der Waals surface area contributed by atoms with E-state index >= 15 is 0 Å². The van der Waals surface area contributed by atoms with E-state index in [1.165, 1.54) is 42.0 Å². The van der Waals surface area contributed by atoms with Gasteiger partial charge in [0, 0.05) is 24.5 Å². The van der Waals surface area contributed by atoms with Crippen molar-refractivity contribution in [3.63, 3.8) is 0 Å². The Bertz CT molecular complexity index is 550. The molecule has 1 fully saturated rings. The molecule has 0 spiro atoms. The Morgan fingerprint density at radius 1 is 1.36 bits per heavy atom. The highest BCUT2D eigenvalue weighted by atomic mass is 127. The number of halogens is 1. The van der Waals surface area contributed by atoms with Crippen LogP contribution in [0.1, 0.15) is 30.9 Å². The van der Waals surface area contributed by atoms with E-state index in [0.29, 0.717) is 5.92 Å². The van der Waals surface area contributed by atoms with Gasteiger partial charge >= 0.3 is 0 Å². The molecule has 1 atom stereocenters. The normalized spacial score (nSPS) is 18.6. The molecule has 0 aromatic heterocycles. The van der Waals surface area contributed by atoms with E-state index in [1.807, 2.05) is 0 Å². The van der Waals surface area contributed by atoms with Crippen LogP contribution in [-0.2, 0) is 6.54 Å². The maximum Gasteiger partial charge on any atom is 0.191 e. The van der Waals surface area contributed by atoms with Crippen LogP contribution < -0.4 is 10.6 Å². The zero-order chi connectivity index (χ0) is 17.4. The Kier molecular flexibility index (Phi) is 10.8. The molecule has 1 unspecified atom stereocenters. The first kappa shape index (κ1) is 22.6. The maximum atomic E-state index is 4.79. The first-order valence-electron chi connectivity index (χ1n) is 8.96. The smallest absolute Gasteiger partial charge is 0.191 e. The Hall–Kier alpha value is -0.470. The molecule has 1 aromatic rings. The lowest BCUT2D eigenvalue weighted by atomic mass is 9.99. The number of thioether (sulfide) groups is 1. The van der Waals surface area contributed by atoms with Crippen LogP contribution >= 0.6 is 35.7 Å². The summed E-state index contributed by atoms with van der Waals surface area (Å²) in [4.78, 5) is 8.54. The number of nitrogens with zero attached hydrogens (tertiary/aromatic N) is 2. The predicted octanol–water partition coefficient (Wildman–Crippen LogP) is 3.73. The molecule has 4 nitrogen and oxygen atoms in total. The molecule has 0 radical (unpaired) electrons. The minimum Gasteiger partial charge on any atom is -0.357 e. The third kappa shape index (κ3) is 7.74. The molecule has 1 aliphatic heterocycles. The summed E-state index contributed by atoms with van der Waals surface area (Å²) < 4.78 is 0. The summed E-state index contributed by atoms with van der Waals surface area (Å²) in [5, 5.41) is 6.91. The van der Waals surface area contributed by atoms with Crippen molar-refractivity contribution >= 4 is 41.7 Å². The zero-order valence-electron chi connectivity index (χ0n) is 16.0. The SMILES string of the molecule is CCNC(=NCc1ccc(C)cc1SC)NCC1CCCN(C)C1.I. The van der Waals surface area contributed by atoms with Crippen LogP contribution in [0.5, 0.6) is 0 Å². The lowest BCUT2D eigenvalue weighted by Gasteiger charge is -2.30. The van der Waals surface area contributed by atoms with Crippen LogP contribution in [0.4, 0.5) is 0 Å². The molecule has 6 heteroatoms. The number of aliphatic imine (C=N–C) groups is 1. The lowest BCUT2D eigenvalue weighted by molar-refractivity contribution is 0.210. The highest BCUT2D eigenvalue weighted by Crippen LogP contribution is 2.22. The molecule has 0 bridgehead atoms. The van der Waals surface area contributed by atoms with E-state index in [9.17, 15) is 0 Å². The number of nitrogens with one attached hydrogen (secondary N) is 2. The summed E-state index contributed by atoms with van der Waals surface area (Å²) in [5.74, 6) is 1.65. The van der Waals surface area contributed by atoms with Gasteiger partial charge < -0.3 is 15.5 Å². The summed E-state index contributed by atoms with van der Waals surface area (Å²) in [5.41, 5.74) is 2.60. The van der Waals surface area contributed by atoms with E-state index in [1.54, 1.807) is 11.8 Å². The van der Waals surface area contributed by atoms with Crippen molar-refractivity contribution in [3.8, 4) is 0 Å². The van der Waals surface area contributed by atoms with Crippen molar-refractivity contribution in [2.75, 3.05) is 39.5 Å². The number of likely N-dealkylation sites (tertiary alicyclic amines) is 1. The molecule has 2 N–H and O–H groups in total. The number of hydrogen-bond acceptors (Lipinski definition) is 3. The summed E-state index contributed by atoms with van der Waals surface area (Å²) in [7, 11) is 2.22. The number of piperidine rings is 1. The fourth-order valence-electron chi connectivity index (χ4n) is 3.17. The minimum absolute atomic E-state index is 0. The van der Waals surface area contributed by atoms with Gasteiger partial charge in [0.05, 0.1) is 6.54 Å². The number of rotatable bonds is 6. The lowest BCUT2D eigenvalue weighted by Crippen LogP contribution is -2.43. The van der Waals surface area contributed by atoms with E-state index in [2.05, 4.69) is 60.9 Å². The van der Waals surface area contributed by atoms with E-state index in [-0.39, 0.29) is 24.0 Å². The minimum atomic E-state index is 0. The largest absolute Gasteiger partial charge is 0.357 e. The molecular weight excluding hydrogens is 443 g/mol. The van der Waals surface area contributed by atoms with Gasteiger partial charge in [-0.1, -0.05) is 12.1 Å². The molecule has 1 aliphatic rings. The maximum absolute atomic E-state index is 4.79. The van der Waals surface area contributed by atoms with Gasteiger partial charge in [0.25, 0.3) is 0 Å². The van der Waals surface area contributed by atoms with Gasteiger partial charge in [-0.3, -0.25) is 0 Å². The number of guanidine groups is 1.